The van der Waals surface area contributed by atoms with Crippen molar-refractivity contribution in [3.05, 3.63) is 23.8 Å². The van der Waals surface area contributed by atoms with Crippen molar-refractivity contribution in [3.63, 3.8) is 0 Å². The highest BCUT2D eigenvalue weighted by molar-refractivity contribution is 5.90. The summed E-state index contributed by atoms with van der Waals surface area (Å²) in [5, 5.41) is 0. The first-order chi connectivity index (χ1) is 9.49. The Bertz CT molecular complexity index is 445. The van der Waals surface area contributed by atoms with Crippen LogP contribution in [-0.2, 0) is 4.74 Å². The predicted molar refractivity (Wildman–Crippen MR) is 76.7 cm³/mol. The Balaban J connectivity index is 2.59. The zero-order valence-electron chi connectivity index (χ0n) is 12.9. The van der Waals surface area contributed by atoms with E-state index in [-0.39, 0.29) is 5.97 Å². The molecule has 0 heterocycles. The molecule has 5 heteroatoms. The zero-order chi connectivity index (χ0) is 15.1. The minimum Gasteiger partial charge on any atom is -0.493 e. The fourth-order valence-electron chi connectivity index (χ4n) is 1.64. The Kier molecular flexibility index (Phi) is 6.31. The number of ether oxygens (including phenoxy) is 3. The molecule has 0 aliphatic carbocycles. The van der Waals surface area contributed by atoms with E-state index < -0.39 is 0 Å². The lowest BCUT2D eigenvalue weighted by molar-refractivity contribution is -0.901. The van der Waals surface area contributed by atoms with Gasteiger partial charge in [0.25, 0.3) is 0 Å². The second-order valence-electron chi connectivity index (χ2n) is 4.96. The normalized spacial score (nSPS) is 12.1. The summed E-state index contributed by atoms with van der Waals surface area (Å²) in [6, 6.07) is 5.50. The molecule has 1 unspecified atom stereocenters. The highest BCUT2D eigenvalue weighted by Crippen LogP contribution is 2.27. The highest BCUT2D eigenvalue weighted by Gasteiger charge is 2.13. The minimum atomic E-state index is -0.345. The van der Waals surface area contributed by atoms with Crippen LogP contribution in [0.1, 0.15) is 24.2 Å². The molecule has 0 bridgehead atoms. The van der Waals surface area contributed by atoms with Gasteiger partial charge in [-0.05, 0) is 32.0 Å². The Labute approximate surface area is 120 Å². The van der Waals surface area contributed by atoms with Gasteiger partial charge < -0.3 is 19.1 Å². The molecule has 1 aromatic carbocycles. The molecular weight excluding hydrogens is 258 g/mol. The standard InChI is InChI=1S/C15H23NO4/c1-11(2)16(3)8-9-20-15(17)12-6-7-13(18-4)14(10-12)19-5/h6-7,10-11H,8-9H2,1-5H3/p+1. The third-order valence-corrected chi connectivity index (χ3v) is 3.33. The maximum atomic E-state index is 11.9. The van der Waals surface area contributed by atoms with Gasteiger partial charge in [-0.3, -0.25) is 0 Å². The highest BCUT2D eigenvalue weighted by atomic mass is 16.5. The van der Waals surface area contributed by atoms with Gasteiger partial charge in [0.1, 0.15) is 13.2 Å². The predicted octanol–water partition coefficient (Wildman–Crippen LogP) is 0.784. The van der Waals surface area contributed by atoms with Crippen molar-refractivity contribution in [1.82, 2.24) is 0 Å². The first kappa shape index (κ1) is 16.3. The lowest BCUT2D eigenvalue weighted by atomic mass is 10.2. The minimum absolute atomic E-state index is 0.345. The van der Waals surface area contributed by atoms with Gasteiger partial charge in [0.15, 0.2) is 11.5 Å². The lowest BCUT2D eigenvalue weighted by Gasteiger charge is -2.17. The molecular formula is C15H24NO4+. The monoisotopic (exact) mass is 282 g/mol. The number of methoxy groups -OCH3 is 2. The summed E-state index contributed by atoms with van der Waals surface area (Å²) in [5.74, 6) is 0.766. The number of carbonyl (C=O) groups excluding carboxylic acids is 1. The van der Waals surface area contributed by atoms with Crippen LogP contribution in [0, 0.1) is 0 Å². The van der Waals surface area contributed by atoms with Crippen LogP contribution in [0.2, 0.25) is 0 Å². The Morgan fingerprint density at radius 1 is 1.20 bits per heavy atom. The molecule has 1 atom stereocenters. The van der Waals surface area contributed by atoms with E-state index in [1.54, 1.807) is 25.3 Å². The number of quaternary nitrogens is 1. The molecule has 0 aromatic heterocycles. The third kappa shape index (κ3) is 4.42. The molecule has 5 nitrogen and oxygen atoms in total. The van der Waals surface area contributed by atoms with Crippen LogP contribution in [0.5, 0.6) is 11.5 Å². The number of nitrogens with one attached hydrogen (secondary N) is 1. The van der Waals surface area contributed by atoms with Gasteiger partial charge in [-0.2, -0.15) is 0 Å². The summed E-state index contributed by atoms with van der Waals surface area (Å²) in [6.07, 6.45) is 0. The Morgan fingerprint density at radius 2 is 1.85 bits per heavy atom. The number of rotatable bonds is 7. The number of likely N-dealkylation sites (N-methyl/N-ethyl adjacent to an activating group) is 1. The van der Waals surface area contributed by atoms with Crippen LogP contribution >= 0.6 is 0 Å². The fraction of sp³-hybridized carbons (Fsp3) is 0.533. The van der Waals surface area contributed by atoms with Crippen LogP contribution < -0.4 is 14.4 Å². The zero-order valence-corrected chi connectivity index (χ0v) is 12.9. The van der Waals surface area contributed by atoms with Gasteiger partial charge in [-0.1, -0.05) is 0 Å². The van der Waals surface area contributed by atoms with Crippen molar-refractivity contribution >= 4 is 5.97 Å². The van der Waals surface area contributed by atoms with Gasteiger partial charge in [0.2, 0.25) is 0 Å². The summed E-state index contributed by atoms with van der Waals surface area (Å²) in [5.41, 5.74) is 0.463. The van der Waals surface area contributed by atoms with E-state index in [1.165, 1.54) is 12.0 Å². The van der Waals surface area contributed by atoms with E-state index in [4.69, 9.17) is 14.2 Å². The van der Waals surface area contributed by atoms with Crippen molar-refractivity contribution in [2.45, 2.75) is 19.9 Å². The Hall–Kier alpha value is -1.75. The topological polar surface area (TPSA) is 49.2 Å². The van der Waals surface area contributed by atoms with Crippen LogP contribution in [0.3, 0.4) is 0 Å². The molecule has 0 saturated carbocycles. The van der Waals surface area contributed by atoms with E-state index >= 15 is 0 Å². The van der Waals surface area contributed by atoms with Gasteiger partial charge in [0, 0.05) is 0 Å². The lowest BCUT2D eigenvalue weighted by Crippen LogP contribution is -3.12. The molecule has 1 aromatic rings. The van der Waals surface area contributed by atoms with Crippen LogP contribution in [0.4, 0.5) is 0 Å². The Morgan fingerprint density at radius 3 is 2.40 bits per heavy atom. The van der Waals surface area contributed by atoms with Crippen molar-refractivity contribution < 1.29 is 23.9 Å². The van der Waals surface area contributed by atoms with Crippen LogP contribution in [0.25, 0.3) is 0 Å². The number of hydrogen-bond donors (Lipinski definition) is 1. The molecule has 1 rings (SSSR count). The molecule has 0 aliphatic heterocycles. The van der Waals surface area contributed by atoms with Crippen LogP contribution in [0.15, 0.2) is 18.2 Å². The fourth-order valence-corrected chi connectivity index (χ4v) is 1.64. The molecule has 0 radical (unpaired) electrons. The summed E-state index contributed by atoms with van der Waals surface area (Å²) in [6.45, 7) is 5.45. The maximum Gasteiger partial charge on any atom is 0.338 e. The summed E-state index contributed by atoms with van der Waals surface area (Å²) < 4.78 is 15.6. The van der Waals surface area contributed by atoms with Gasteiger partial charge in [-0.15, -0.1) is 0 Å². The molecule has 0 aliphatic rings. The summed E-state index contributed by atoms with van der Waals surface area (Å²) in [4.78, 5) is 13.3. The first-order valence-electron chi connectivity index (χ1n) is 6.71. The second-order valence-corrected chi connectivity index (χ2v) is 4.96. The van der Waals surface area contributed by atoms with Crippen molar-refractivity contribution in [2.24, 2.45) is 0 Å². The molecule has 20 heavy (non-hydrogen) atoms. The van der Waals surface area contributed by atoms with E-state index in [9.17, 15) is 4.79 Å². The first-order valence-corrected chi connectivity index (χ1v) is 6.71. The average molecular weight is 282 g/mol. The SMILES string of the molecule is COc1ccc(C(=O)OCC[NH+](C)C(C)C)cc1OC. The smallest absolute Gasteiger partial charge is 0.338 e. The third-order valence-electron chi connectivity index (χ3n) is 3.33. The summed E-state index contributed by atoms with van der Waals surface area (Å²) >= 11 is 0. The number of benzene rings is 1. The molecule has 0 spiro atoms. The van der Waals surface area contributed by atoms with E-state index in [2.05, 4.69) is 20.9 Å². The van der Waals surface area contributed by atoms with Gasteiger partial charge >= 0.3 is 5.97 Å². The van der Waals surface area contributed by atoms with E-state index in [1.807, 2.05) is 0 Å². The number of esters is 1. The molecule has 1 N–H and O–H groups in total. The van der Waals surface area contributed by atoms with Crippen LogP contribution in [-0.4, -0.2) is 46.4 Å². The van der Waals surface area contributed by atoms with Crippen molar-refractivity contribution in [2.75, 3.05) is 34.4 Å². The number of carbonyl (C=O) groups is 1. The van der Waals surface area contributed by atoms with Gasteiger partial charge in [-0.25, -0.2) is 4.79 Å². The van der Waals surface area contributed by atoms with Gasteiger partial charge in [0.05, 0.1) is 32.9 Å². The molecule has 0 amide bonds. The molecule has 0 saturated heterocycles. The van der Waals surface area contributed by atoms with E-state index in [0.29, 0.717) is 29.7 Å². The van der Waals surface area contributed by atoms with Crippen molar-refractivity contribution in [3.8, 4) is 11.5 Å². The van der Waals surface area contributed by atoms with Crippen molar-refractivity contribution in [1.29, 1.82) is 0 Å². The maximum absolute atomic E-state index is 11.9. The summed E-state index contributed by atoms with van der Waals surface area (Å²) in [7, 11) is 5.17. The largest absolute Gasteiger partial charge is 0.493 e. The second kappa shape index (κ2) is 7.75. The van der Waals surface area contributed by atoms with E-state index in [0.717, 1.165) is 6.54 Å². The molecule has 112 valence electrons. The number of hydrogen-bond acceptors (Lipinski definition) is 4. The quantitative estimate of drug-likeness (QED) is 0.751. The average Bonchev–Trinajstić information content (AvgIpc) is 2.45. The molecule has 0 fully saturated rings.